The van der Waals surface area contributed by atoms with Gasteiger partial charge in [0.15, 0.2) is 0 Å². The van der Waals surface area contributed by atoms with Crippen molar-refractivity contribution >= 4 is 35.2 Å². The van der Waals surface area contributed by atoms with E-state index in [4.69, 9.17) is 4.74 Å². The zero-order valence-corrected chi connectivity index (χ0v) is 21.0. The minimum Gasteiger partial charge on any atom is -0.494 e. The lowest BCUT2D eigenvalue weighted by Gasteiger charge is -2.35. The predicted octanol–water partition coefficient (Wildman–Crippen LogP) is 2.56. The van der Waals surface area contributed by atoms with Crippen molar-refractivity contribution in [3.8, 4) is 5.75 Å². The van der Waals surface area contributed by atoms with Crippen LogP contribution in [0.2, 0.25) is 0 Å². The van der Waals surface area contributed by atoms with Crippen LogP contribution in [0.5, 0.6) is 5.75 Å². The van der Waals surface area contributed by atoms with Crippen molar-refractivity contribution in [2.75, 3.05) is 25.1 Å². The number of fused-ring (bicyclic) bond motifs is 1. The Morgan fingerprint density at radius 2 is 1.89 bits per heavy atom. The highest BCUT2D eigenvalue weighted by atomic mass is 32.2. The fourth-order valence-corrected chi connectivity index (χ4v) is 8.88. The van der Waals surface area contributed by atoms with Crippen molar-refractivity contribution in [1.82, 2.24) is 10.2 Å². The zero-order chi connectivity index (χ0) is 24.6. The van der Waals surface area contributed by atoms with Crippen LogP contribution in [0.1, 0.15) is 51.9 Å². The van der Waals surface area contributed by atoms with E-state index in [1.807, 2.05) is 19.1 Å². The lowest BCUT2D eigenvalue weighted by Crippen LogP contribution is -2.55. The largest absolute Gasteiger partial charge is 0.494 e. The Hall–Kier alpha value is -2.26. The van der Waals surface area contributed by atoms with Gasteiger partial charge in [-0.1, -0.05) is 19.3 Å². The molecule has 8 nitrogen and oxygen atoms in total. The Morgan fingerprint density at radius 1 is 1.14 bits per heavy atom. The number of carbonyl (C=O) groups excluding carboxylic acids is 3. The quantitative estimate of drug-likeness (QED) is 0.505. The summed E-state index contributed by atoms with van der Waals surface area (Å²) in [5.41, 5.74) is 0.657. The molecule has 3 amide bonds. The Kier molecular flexibility index (Phi) is 6.99. The van der Waals surface area contributed by atoms with Crippen molar-refractivity contribution in [3.05, 3.63) is 24.3 Å². The molecule has 3 saturated heterocycles. The normalized spacial score (nSPS) is 31.9. The lowest BCUT2D eigenvalue weighted by atomic mass is 9.70. The van der Waals surface area contributed by atoms with Crippen LogP contribution in [0.3, 0.4) is 0 Å². The summed E-state index contributed by atoms with van der Waals surface area (Å²) >= 11 is 1.65. The smallest absolute Gasteiger partial charge is 0.244 e. The SMILES string of the molecule is CCOc1ccc(NC(=O)[C@@H]2[C@H]3C(=O)N(CCO)C(C(=O)NC4CCCCC4)C34CC[C@H]2S4)cc1. The van der Waals surface area contributed by atoms with Gasteiger partial charge in [-0.3, -0.25) is 14.4 Å². The summed E-state index contributed by atoms with van der Waals surface area (Å²) in [5.74, 6) is -0.795. The molecule has 1 aromatic rings. The Balaban J connectivity index is 1.37. The number of ether oxygens (including phenoxy) is 1. The van der Waals surface area contributed by atoms with Crippen LogP contribution in [-0.4, -0.2) is 69.6 Å². The molecule has 5 rings (SSSR count). The number of thioether (sulfide) groups is 1. The molecule has 1 aromatic carbocycles. The molecule has 5 atom stereocenters. The molecular weight excluding hydrogens is 466 g/mol. The summed E-state index contributed by atoms with van der Waals surface area (Å²) in [4.78, 5) is 42.3. The summed E-state index contributed by atoms with van der Waals surface area (Å²) in [6.45, 7) is 2.38. The third-order valence-corrected chi connectivity index (χ3v) is 10.0. The van der Waals surface area contributed by atoms with Crippen LogP contribution in [0.4, 0.5) is 5.69 Å². The van der Waals surface area contributed by atoms with Gasteiger partial charge in [-0.05, 0) is 56.9 Å². The van der Waals surface area contributed by atoms with E-state index in [9.17, 15) is 19.5 Å². The van der Waals surface area contributed by atoms with Gasteiger partial charge in [-0.2, -0.15) is 0 Å². The van der Waals surface area contributed by atoms with Crippen LogP contribution in [0, 0.1) is 11.8 Å². The third kappa shape index (κ3) is 4.31. The number of carbonyl (C=O) groups is 3. The van der Waals surface area contributed by atoms with Gasteiger partial charge in [0.25, 0.3) is 0 Å². The molecule has 4 fully saturated rings. The number of rotatable bonds is 8. The number of anilines is 1. The van der Waals surface area contributed by atoms with Crippen molar-refractivity contribution in [2.45, 2.75) is 74.0 Å². The fraction of sp³-hybridized carbons (Fsp3) is 0.654. The van der Waals surface area contributed by atoms with E-state index >= 15 is 0 Å². The molecule has 3 N–H and O–H groups in total. The number of amides is 3. The van der Waals surface area contributed by atoms with Gasteiger partial charge < -0.3 is 25.4 Å². The second kappa shape index (κ2) is 10.0. The molecule has 3 aliphatic heterocycles. The minimum absolute atomic E-state index is 0.00732. The number of nitrogens with zero attached hydrogens (tertiary/aromatic N) is 1. The van der Waals surface area contributed by atoms with E-state index in [0.717, 1.165) is 44.3 Å². The van der Waals surface area contributed by atoms with Crippen molar-refractivity contribution in [2.24, 2.45) is 11.8 Å². The summed E-state index contributed by atoms with van der Waals surface area (Å²) in [5, 5.41) is 15.9. The average molecular weight is 502 g/mol. The maximum absolute atomic E-state index is 13.7. The highest BCUT2D eigenvalue weighted by Crippen LogP contribution is 2.66. The Bertz CT molecular complexity index is 966. The van der Waals surface area contributed by atoms with E-state index in [1.165, 1.54) is 6.42 Å². The predicted molar refractivity (Wildman–Crippen MR) is 134 cm³/mol. The number of β-amino-alcohol motifs (C(OH)–C–C–N with tert-alkyl or cyclic N) is 1. The molecule has 4 aliphatic rings. The van der Waals surface area contributed by atoms with E-state index in [0.29, 0.717) is 12.3 Å². The number of likely N-dealkylation sites (tertiary alicyclic amines) is 1. The van der Waals surface area contributed by atoms with Gasteiger partial charge in [0.05, 0.1) is 29.8 Å². The highest BCUT2D eigenvalue weighted by molar-refractivity contribution is 8.02. The fourth-order valence-electron chi connectivity index (χ4n) is 6.66. The Labute approximate surface area is 210 Å². The molecule has 3 heterocycles. The molecule has 9 heteroatoms. The highest BCUT2D eigenvalue weighted by Gasteiger charge is 2.73. The van der Waals surface area contributed by atoms with Crippen molar-refractivity contribution in [3.63, 3.8) is 0 Å². The first-order valence-electron chi connectivity index (χ1n) is 12.9. The van der Waals surface area contributed by atoms with Gasteiger partial charge in [-0.25, -0.2) is 0 Å². The zero-order valence-electron chi connectivity index (χ0n) is 20.2. The molecule has 1 saturated carbocycles. The number of hydrogen-bond acceptors (Lipinski definition) is 6. The van der Waals surface area contributed by atoms with E-state index < -0.39 is 22.6 Å². The molecule has 2 unspecified atom stereocenters. The lowest BCUT2D eigenvalue weighted by molar-refractivity contribution is -0.139. The first-order valence-corrected chi connectivity index (χ1v) is 13.8. The van der Waals surface area contributed by atoms with Crippen molar-refractivity contribution < 1.29 is 24.2 Å². The molecule has 190 valence electrons. The summed E-state index contributed by atoms with van der Waals surface area (Å²) < 4.78 is 4.86. The van der Waals surface area contributed by atoms with Gasteiger partial charge in [0, 0.05) is 23.5 Å². The maximum atomic E-state index is 13.7. The standard InChI is InChI=1S/C26H35N3O5S/c1-2-34-18-10-8-17(9-11-18)27-23(31)20-19-12-13-26(35-19)21(20)25(33)29(14-15-30)22(26)24(32)28-16-6-4-3-5-7-16/h8-11,16,19-22,30H,2-7,12-15H2,1H3,(H,27,31)(H,28,32)/t19-,20+,21+,22?,26?/m1/s1. The monoisotopic (exact) mass is 501 g/mol. The average Bonchev–Trinajstić information content (AvgIpc) is 3.49. The maximum Gasteiger partial charge on any atom is 0.244 e. The second-order valence-corrected chi connectivity index (χ2v) is 11.7. The number of hydrogen-bond donors (Lipinski definition) is 3. The molecule has 0 aromatic heterocycles. The van der Waals surface area contributed by atoms with Crippen LogP contribution in [0.25, 0.3) is 0 Å². The molecule has 2 bridgehead atoms. The number of nitrogens with one attached hydrogen (secondary N) is 2. The van der Waals surface area contributed by atoms with Crippen LogP contribution in [0.15, 0.2) is 24.3 Å². The molecular formula is C26H35N3O5S. The van der Waals surface area contributed by atoms with E-state index in [1.54, 1.807) is 28.8 Å². The number of aliphatic hydroxyl groups is 1. The Morgan fingerprint density at radius 3 is 2.57 bits per heavy atom. The molecule has 35 heavy (non-hydrogen) atoms. The number of aliphatic hydroxyl groups excluding tert-OH is 1. The minimum atomic E-state index is -0.646. The summed E-state index contributed by atoms with van der Waals surface area (Å²) in [6, 6.07) is 6.71. The topological polar surface area (TPSA) is 108 Å². The summed E-state index contributed by atoms with van der Waals surface area (Å²) in [6.07, 6.45) is 6.86. The molecule has 1 aliphatic carbocycles. The van der Waals surface area contributed by atoms with Gasteiger partial charge in [0.1, 0.15) is 11.8 Å². The van der Waals surface area contributed by atoms with Crippen LogP contribution >= 0.6 is 11.8 Å². The summed E-state index contributed by atoms with van der Waals surface area (Å²) in [7, 11) is 0. The van der Waals surface area contributed by atoms with Gasteiger partial charge in [-0.15, -0.1) is 11.8 Å². The number of benzene rings is 1. The van der Waals surface area contributed by atoms with Gasteiger partial charge in [0.2, 0.25) is 17.7 Å². The first-order chi connectivity index (χ1) is 17.0. The molecule has 1 spiro atoms. The third-order valence-electron chi connectivity index (χ3n) is 8.08. The van der Waals surface area contributed by atoms with E-state index in [-0.39, 0.29) is 42.2 Å². The van der Waals surface area contributed by atoms with Crippen LogP contribution < -0.4 is 15.4 Å². The second-order valence-electron chi connectivity index (χ2n) is 10.1. The molecule has 0 radical (unpaired) electrons. The first kappa shape index (κ1) is 24.4. The van der Waals surface area contributed by atoms with E-state index in [2.05, 4.69) is 10.6 Å². The van der Waals surface area contributed by atoms with Crippen molar-refractivity contribution in [1.29, 1.82) is 0 Å². The van der Waals surface area contributed by atoms with Gasteiger partial charge >= 0.3 is 0 Å². The van der Waals surface area contributed by atoms with Crippen LogP contribution in [-0.2, 0) is 14.4 Å².